The average molecular weight is 236 g/mol. The van der Waals surface area contributed by atoms with Crippen molar-refractivity contribution in [3.8, 4) is 0 Å². The van der Waals surface area contributed by atoms with Crippen LogP contribution in [0.4, 0.5) is 0 Å². The molecule has 0 spiro atoms. The van der Waals surface area contributed by atoms with Crippen LogP contribution in [0.1, 0.15) is 6.92 Å². The number of nitrogens with one attached hydrogen (secondary N) is 1. The number of aliphatic hydroxyl groups excluding tert-OH is 1. The number of carbonyl (C=O) groups excluding carboxylic acids is 1. The average Bonchev–Trinajstić information content (AvgIpc) is 2.21. The predicted molar refractivity (Wildman–Crippen MR) is 61.8 cm³/mol. The molecule has 5 nitrogen and oxygen atoms in total. The monoisotopic (exact) mass is 236 g/mol. The van der Waals surface area contributed by atoms with E-state index in [0.717, 1.165) is 0 Å². The van der Waals surface area contributed by atoms with Crippen molar-refractivity contribution >= 4 is 17.7 Å². The van der Waals surface area contributed by atoms with Gasteiger partial charge in [0.15, 0.2) is 0 Å². The smallest absolute Gasteiger partial charge is 0.250 e. The summed E-state index contributed by atoms with van der Waals surface area (Å²) in [6, 6.07) is -0.110. The molecule has 90 valence electrons. The van der Waals surface area contributed by atoms with Gasteiger partial charge in [0.2, 0.25) is 0 Å². The molecule has 0 saturated heterocycles. The predicted octanol–water partition coefficient (Wildman–Crippen LogP) is -0.811. The number of hydrogen-bond donors (Lipinski definition) is 3. The molecule has 0 bridgehead atoms. The van der Waals surface area contributed by atoms with Crippen LogP contribution in [0.2, 0.25) is 0 Å². The highest BCUT2D eigenvalue weighted by molar-refractivity contribution is 7.99. The van der Waals surface area contributed by atoms with E-state index in [1.807, 2.05) is 13.2 Å². The van der Waals surface area contributed by atoms with Gasteiger partial charge < -0.3 is 20.9 Å². The van der Waals surface area contributed by atoms with Crippen molar-refractivity contribution in [2.45, 2.75) is 24.3 Å². The molecule has 3 unspecified atom stereocenters. The Balaban J connectivity index is 4.15. The van der Waals surface area contributed by atoms with Gasteiger partial charge in [0, 0.05) is 24.9 Å². The number of hydrogen-bond acceptors (Lipinski definition) is 5. The van der Waals surface area contributed by atoms with Crippen molar-refractivity contribution in [3.05, 3.63) is 0 Å². The molecule has 0 radical (unpaired) electrons. The Bertz CT molecular complexity index is 184. The Morgan fingerprint density at radius 1 is 1.67 bits per heavy atom. The van der Waals surface area contributed by atoms with Crippen LogP contribution in [0.15, 0.2) is 0 Å². The van der Waals surface area contributed by atoms with Gasteiger partial charge in [-0.25, -0.2) is 0 Å². The summed E-state index contributed by atoms with van der Waals surface area (Å²) < 4.78 is 4.90. The first-order chi connectivity index (χ1) is 7.10. The Morgan fingerprint density at radius 3 is 2.60 bits per heavy atom. The first-order valence-corrected chi connectivity index (χ1v) is 6.06. The maximum atomic E-state index is 11.5. The van der Waals surface area contributed by atoms with Crippen molar-refractivity contribution in [2.24, 2.45) is 5.73 Å². The maximum absolute atomic E-state index is 11.5. The van der Waals surface area contributed by atoms with Gasteiger partial charge in [-0.05, 0) is 13.2 Å². The largest absolute Gasteiger partial charge is 0.395 e. The van der Waals surface area contributed by atoms with Crippen LogP contribution in [0.5, 0.6) is 0 Å². The standard InChI is InChI=1S/C9H20N2O3S/c1-6(8(5-12)15-3)11-9(13)7(4-10)14-2/h6-8,12H,4-5,10H2,1-3H3,(H,11,13). The summed E-state index contributed by atoms with van der Waals surface area (Å²) in [6.45, 7) is 2.03. The number of ether oxygens (including phenoxy) is 1. The second-order valence-corrected chi connectivity index (χ2v) is 4.29. The van der Waals surface area contributed by atoms with Gasteiger partial charge in [0.25, 0.3) is 5.91 Å². The van der Waals surface area contributed by atoms with Crippen molar-refractivity contribution in [1.29, 1.82) is 0 Å². The molecule has 0 aromatic rings. The third-order valence-electron chi connectivity index (χ3n) is 2.20. The van der Waals surface area contributed by atoms with Crippen LogP contribution < -0.4 is 11.1 Å². The normalized spacial score (nSPS) is 16.9. The molecule has 0 aliphatic heterocycles. The third-order valence-corrected chi connectivity index (χ3v) is 3.36. The molecule has 1 amide bonds. The zero-order chi connectivity index (χ0) is 11.8. The van der Waals surface area contributed by atoms with E-state index in [0.29, 0.717) is 0 Å². The Hall–Kier alpha value is -0.300. The van der Waals surface area contributed by atoms with Crippen LogP contribution >= 0.6 is 11.8 Å². The molecule has 0 saturated carbocycles. The summed E-state index contributed by atoms with van der Waals surface area (Å²) in [7, 11) is 1.44. The van der Waals surface area contributed by atoms with Crippen molar-refractivity contribution in [3.63, 3.8) is 0 Å². The van der Waals surface area contributed by atoms with E-state index in [2.05, 4.69) is 5.32 Å². The molecule has 0 aliphatic carbocycles. The Labute approximate surface area is 94.7 Å². The fourth-order valence-electron chi connectivity index (χ4n) is 1.16. The number of thioether (sulfide) groups is 1. The summed E-state index contributed by atoms with van der Waals surface area (Å²) in [4.78, 5) is 11.5. The molecule has 3 atom stereocenters. The lowest BCUT2D eigenvalue weighted by Crippen LogP contribution is -2.48. The number of aliphatic hydroxyl groups is 1. The summed E-state index contributed by atoms with van der Waals surface area (Å²) in [5.74, 6) is -0.236. The SMILES string of the molecule is COC(CN)C(=O)NC(C)C(CO)SC. The minimum absolute atomic E-state index is 0.00997. The highest BCUT2D eigenvalue weighted by Crippen LogP contribution is 2.10. The summed E-state index contributed by atoms with van der Waals surface area (Å²) in [5.41, 5.74) is 5.36. The first-order valence-electron chi connectivity index (χ1n) is 4.77. The van der Waals surface area contributed by atoms with Crippen LogP contribution in [0.3, 0.4) is 0 Å². The molecular formula is C9H20N2O3S. The minimum atomic E-state index is -0.617. The van der Waals surface area contributed by atoms with Gasteiger partial charge in [-0.3, -0.25) is 4.79 Å². The molecule has 0 aliphatic rings. The lowest BCUT2D eigenvalue weighted by atomic mass is 10.2. The van der Waals surface area contributed by atoms with Crippen molar-refractivity contribution in [2.75, 3.05) is 26.5 Å². The number of amides is 1. The summed E-state index contributed by atoms with van der Waals surface area (Å²) in [6.07, 6.45) is 1.27. The highest BCUT2D eigenvalue weighted by Gasteiger charge is 2.21. The molecular weight excluding hydrogens is 216 g/mol. The molecule has 15 heavy (non-hydrogen) atoms. The van der Waals surface area contributed by atoms with Gasteiger partial charge in [-0.15, -0.1) is 0 Å². The maximum Gasteiger partial charge on any atom is 0.250 e. The fraction of sp³-hybridized carbons (Fsp3) is 0.889. The Kier molecular flexibility index (Phi) is 7.76. The zero-order valence-corrected chi connectivity index (χ0v) is 10.2. The molecule has 0 aromatic heterocycles. The number of carbonyl (C=O) groups is 1. The van der Waals surface area contributed by atoms with E-state index in [-0.39, 0.29) is 30.4 Å². The van der Waals surface area contributed by atoms with Gasteiger partial charge >= 0.3 is 0 Å². The lowest BCUT2D eigenvalue weighted by Gasteiger charge is -2.23. The fourth-order valence-corrected chi connectivity index (χ4v) is 1.78. The van der Waals surface area contributed by atoms with Crippen LogP contribution in [0, 0.1) is 0 Å². The van der Waals surface area contributed by atoms with Gasteiger partial charge in [0.05, 0.1) is 6.61 Å². The molecule has 0 fully saturated rings. The van der Waals surface area contributed by atoms with E-state index in [9.17, 15) is 4.79 Å². The van der Waals surface area contributed by atoms with E-state index in [4.69, 9.17) is 15.6 Å². The third kappa shape index (κ3) is 4.83. The molecule has 0 aromatic carbocycles. The van der Waals surface area contributed by atoms with Gasteiger partial charge in [-0.1, -0.05) is 0 Å². The highest BCUT2D eigenvalue weighted by atomic mass is 32.2. The number of rotatable bonds is 7. The molecule has 6 heteroatoms. The second-order valence-electron chi connectivity index (χ2n) is 3.21. The molecule has 0 heterocycles. The lowest BCUT2D eigenvalue weighted by molar-refractivity contribution is -0.131. The van der Waals surface area contributed by atoms with Crippen molar-refractivity contribution in [1.82, 2.24) is 5.32 Å². The van der Waals surface area contributed by atoms with Crippen molar-refractivity contribution < 1.29 is 14.6 Å². The van der Waals surface area contributed by atoms with E-state index in [1.165, 1.54) is 18.9 Å². The second kappa shape index (κ2) is 7.92. The topological polar surface area (TPSA) is 84.6 Å². The molecule has 0 rings (SSSR count). The van der Waals surface area contributed by atoms with Gasteiger partial charge in [-0.2, -0.15) is 11.8 Å². The van der Waals surface area contributed by atoms with Gasteiger partial charge in [0.1, 0.15) is 6.10 Å². The number of nitrogens with two attached hydrogens (primary N) is 1. The van der Waals surface area contributed by atoms with Crippen LogP contribution in [-0.2, 0) is 9.53 Å². The van der Waals surface area contributed by atoms with E-state index in [1.54, 1.807) is 0 Å². The Morgan fingerprint density at radius 2 is 2.27 bits per heavy atom. The summed E-state index contributed by atoms with van der Waals surface area (Å²) in [5, 5.41) is 11.8. The zero-order valence-electron chi connectivity index (χ0n) is 9.40. The quantitative estimate of drug-likeness (QED) is 0.538. The van der Waals surface area contributed by atoms with Crippen LogP contribution in [0.25, 0.3) is 0 Å². The molecule has 4 N–H and O–H groups in total. The van der Waals surface area contributed by atoms with E-state index >= 15 is 0 Å². The number of methoxy groups -OCH3 is 1. The minimum Gasteiger partial charge on any atom is -0.395 e. The summed E-state index contributed by atoms with van der Waals surface area (Å²) >= 11 is 1.51. The van der Waals surface area contributed by atoms with E-state index < -0.39 is 6.10 Å². The first kappa shape index (κ1) is 14.7. The van der Waals surface area contributed by atoms with Crippen LogP contribution in [-0.4, -0.2) is 54.9 Å².